The summed E-state index contributed by atoms with van der Waals surface area (Å²) >= 11 is 0. The predicted octanol–water partition coefficient (Wildman–Crippen LogP) is 4.78. The van der Waals surface area contributed by atoms with E-state index in [-0.39, 0.29) is 18.2 Å². The highest BCUT2D eigenvalue weighted by Gasteiger charge is 2.42. The molecule has 1 aromatic carbocycles. The van der Waals surface area contributed by atoms with Crippen molar-refractivity contribution in [3.63, 3.8) is 0 Å². The van der Waals surface area contributed by atoms with Crippen molar-refractivity contribution in [2.24, 2.45) is 5.92 Å². The van der Waals surface area contributed by atoms with E-state index in [0.29, 0.717) is 25.0 Å². The summed E-state index contributed by atoms with van der Waals surface area (Å²) in [5.41, 5.74) is -3.39. The number of halogens is 6. The summed E-state index contributed by atoms with van der Waals surface area (Å²) in [6.07, 6.45) is -7.13. The Bertz CT molecular complexity index is 634. The van der Waals surface area contributed by atoms with Gasteiger partial charge >= 0.3 is 12.4 Å². The van der Waals surface area contributed by atoms with Gasteiger partial charge < -0.3 is 4.90 Å². The van der Waals surface area contributed by atoms with Gasteiger partial charge in [0.15, 0.2) is 5.78 Å². The minimum atomic E-state index is -4.94. The van der Waals surface area contributed by atoms with Crippen molar-refractivity contribution >= 4 is 5.78 Å². The van der Waals surface area contributed by atoms with Gasteiger partial charge in [-0.2, -0.15) is 26.3 Å². The number of piperidine rings is 1. The molecule has 2 aliphatic heterocycles. The van der Waals surface area contributed by atoms with Gasteiger partial charge in [0.2, 0.25) is 0 Å². The van der Waals surface area contributed by atoms with Crippen LogP contribution in [0.4, 0.5) is 26.3 Å². The Balaban J connectivity index is 1.94. The molecule has 0 saturated carbocycles. The van der Waals surface area contributed by atoms with Crippen LogP contribution < -0.4 is 0 Å². The molecule has 0 aromatic heterocycles. The van der Waals surface area contributed by atoms with Gasteiger partial charge in [0, 0.05) is 23.6 Å². The van der Waals surface area contributed by atoms with Gasteiger partial charge in [0.1, 0.15) is 0 Å². The van der Waals surface area contributed by atoms with Crippen molar-refractivity contribution in [1.29, 1.82) is 0 Å². The van der Waals surface area contributed by atoms with E-state index < -0.39 is 40.7 Å². The minimum Gasteiger partial charge on any atom is -0.300 e. The fraction of sp³-hybridized carbons (Fsp3) is 0.588. The van der Waals surface area contributed by atoms with Crippen LogP contribution in [0, 0.1) is 5.92 Å². The fourth-order valence-electron chi connectivity index (χ4n) is 3.96. The van der Waals surface area contributed by atoms with E-state index in [2.05, 4.69) is 4.90 Å². The molecule has 2 nitrogen and oxygen atoms in total. The molecular formula is C17H17F6NO. The fourth-order valence-corrected chi connectivity index (χ4v) is 3.96. The van der Waals surface area contributed by atoms with Crippen LogP contribution in [0.3, 0.4) is 0 Å². The highest BCUT2D eigenvalue weighted by atomic mass is 19.4. The number of Topliss-reactive ketones (excluding diaryl/α,β-unsaturated/α-hetero) is 1. The first-order valence-corrected chi connectivity index (χ1v) is 8.02. The molecule has 2 bridgehead atoms. The second-order valence-corrected chi connectivity index (χ2v) is 6.88. The zero-order valence-electron chi connectivity index (χ0n) is 13.4. The topological polar surface area (TPSA) is 20.3 Å². The molecule has 1 aromatic rings. The zero-order chi connectivity index (χ0) is 18.6. The lowest BCUT2D eigenvalue weighted by Crippen LogP contribution is -2.42. The van der Waals surface area contributed by atoms with Gasteiger partial charge in [-0.1, -0.05) is 0 Å². The average molecular weight is 365 g/mol. The van der Waals surface area contributed by atoms with Crippen LogP contribution in [-0.4, -0.2) is 29.8 Å². The maximum Gasteiger partial charge on any atom is 0.416 e. The summed E-state index contributed by atoms with van der Waals surface area (Å²) in [6.45, 7) is 0. The summed E-state index contributed by atoms with van der Waals surface area (Å²) in [7, 11) is 1.94. The van der Waals surface area contributed by atoms with E-state index in [1.807, 2.05) is 7.05 Å². The number of nitrogens with zero attached hydrogens (tertiary/aromatic N) is 1. The summed E-state index contributed by atoms with van der Waals surface area (Å²) in [5, 5.41) is 0. The molecule has 0 aliphatic carbocycles. The molecule has 138 valence electrons. The van der Waals surface area contributed by atoms with Gasteiger partial charge in [-0.05, 0) is 50.9 Å². The number of fused-ring (bicyclic) bond motifs is 2. The van der Waals surface area contributed by atoms with Gasteiger partial charge in [-0.25, -0.2) is 0 Å². The Hall–Kier alpha value is -1.57. The van der Waals surface area contributed by atoms with E-state index in [4.69, 9.17) is 0 Å². The highest BCUT2D eigenvalue weighted by molar-refractivity contribution is 5.98. The van der Waals surface area contributed by atoms with Gasteiger partial charge in [-0.15, -0.1) is 0 Å². The molecule has 2 fully saturated rings. The van der Waals surface area contributed by atoms with Crippen LogP contribution in [0.5, 0.6) is 0 Å². The SMILES string of the molecule is CN1C2CCC1CC(C(=O)c1cc(C(F)(F)F)cc(C(F)(F)F)c1)C2. The Morgan fingerprint density at radius 1 is 0.920 bits per heavy atom. The zero-order valence-corrected chi connectivity index (χ0v) is 13.4. The number of hydrogen-bond acceptors (Lipinski definition) is 2. The smallest absolute Gasteiger partial charge is 0.300 e. The molecule has 2 heterocycles. The number of carbonyl (C=O) groups is 1. The molecule has 0 radical (unpaired) electrons. The standard InChI is InChI=1S/C17H17F6NO/c1-24-13-2-3-14(24)7-10(6-13)15(25)9-4-11(16(18,19)20)8-12(5-9)17(21,22)23/h4-5,8,10,13-14H,2-3,6-7H2,1H3. The minimum absolute atomic E-state index is 0.0507. The molecule has 2 aliphatic rings. The first-order valence-electron chi connectivity index (χ1n) is 8.02. The number of ketones is 1. The second-order valence-electron chi connectivity index (χ2n) is 6.88. The van der Waals surface area contributed by atoms with Crippen molar-refractivity contribution < 1.29 is 31.1 Å². The molecule has 2 unspecified atom stereocenters. The lowest BCUT2D eigenvalue weighted by atomic mass is 9.84. The van der Waals surface area contributed by atoms with E-state index in [1.165, 1.54) is 0 Å². The maximum atomic E-state index is 12.9. The van der Waals surface area contributed by atoms with Crippen LogP contribution in [0.1, 0.15) is 47.2 Å². The molecule has 0 N–H and O–H groups in total. The third-order valence-electron chi connectivity index (χ3n) is 5.34. The van der Waals surface area contributed by atoms with E-state index in [0.717, 1.165) is 12.8 Å². The first-order chi connectivity index (χ1) is 11.5. The largest absolute Gasteiger partial charge is 0.416 e. The van der Waals surface area contributed by atoms with Crippen LogP contribution in [-0.2, 0) is 12.4 Å². The predicted molar refractivity (Wildman–Crippen MR) is 78.1 cm³/mol. The lowest BCUT2D eigenvalue weighted by Gasteiger charge is -2.35. The molecule has 25 heavy (non-hydrogen) atoms. The van der Waals surface area contributed by atoms with Crippen molar-refractivity contribution in [1.82, 2.24) is 4.90 Å². The number of alkyl halides is 6. The van der Waals surface area contributed by atoms with E-state index in [1.54, 1.807) is 0 Å². The van der Waals surface area contributed by atoms with E-state index in [9.17, 15) is 31.1 Å². The number of benzene rings is 1. The molecule has 3 rings (SSSR count). The van der Waals surface area contributed by atoms with Crippen LogP contribution in [0.2, 0.25) is 0 Å². The Morgan fingerprint density at radius 2 is 1.36 bits per heavy atom. The molecule has 2 saturated heterocycles. The molecule has 2 atom stereocenters. The lowest BCUT2D eigenvalue weighted by molar-refractivity contribution is -0.143. The van der Waals surface area contributed by atoms with Crippen LogP contribution in [0.15, 0.2) is 18.2 Å². The Morgan fingerprint density at radius 3 is 1.76 bits per heavy atom. The quantitative estimate of drug-likeness (QED) is 0.555. The number of rotatable bonds is 2. The third kappa shape index (κ3) is 3.54. The highest BCUT2D eigenvalue weighted by Crippen LogP contribution is 2.40. The average Bonchev–Trinajstić information content (AvgIpc) is 2.73. The van der Waals surface area contributed by atoms with Crippen molar-refractivity contribution in [2.45, 2.75) is 50.1 Å². The van der Waals surface area contributed by atoms with E-state index >= 15 is 0 Å². The van der Waals surface area contributed by atoms with Crippen LogP contribution >= 0.6 is 0 Å². The van der Waals surface area contributed by atoms with Crippen molar-refractivity contribution in [2.75, 3.05) is 7.05 Å². The van der Waals surface area contributed by atoms with Gasteiger partial charge in [-0.3, -0.25) is 4.79 Å². The molecule has 8 heteroatoms. The van der Waals surface area contributed by atoms with Crippen molar-refractivity contribution in [3.05, 3.63) is 34.9 Å². The number of hydrogen-bond donors (Lipinski definition) is 0. The summed E-state index contributed by atoms with van der Waals surface area (Å²) in [4.78, 5) is 14.8. The number of carbonyl (C=O) groups excluding carboxylic acids is 1. The molecule has 0 spiro atoms. The van der Waals surface area contributed by atoms with Gasteiger partial charge in [0.05, 0.1) is 11.1 Å². The summed E-state index contributed by atoms with van der Waals surface area (Å²) in [5.74, 6) is -1.15. The second kappa shape index (κ2) is 6.00. The third-order valence-corrected chi connectivity index (χ3v) is 5.34. The molecular weight excluding hydrogens is 348 g/mol. The maximum absolute atomic E-state index is 12.9. The van der Waals surface area contributed by atoms with Gasteiger partial charge in [0.25, 0.3) is 0 Å². The summed E-state index contributed by atoms with van der Waals surface area (Å²) in [6, 6.07) is 1.46. The Kier molecular flexibility index (Phi) is 4.38. The molecule has 0 amide bonds. The first kappa shape index (κ1) is 18.2. The summed E-state index contributed by atoms with van der Waals surface area (Å²) < 4.78 is 77.7. The monoisotopic (exact) mass is 365 g/mol. The Labute approximate surface area is 140 Å². The van der Waals surface area contributed by atoms with Crippen molar-refractivity contribution in [3.8, 4) is 0 Å². The normalized spacial score (nSPS) is 27.6. The van der Waals surface area contributed by atoms with Crippen LogP contribution in [0.25, 0.3) is 0 Å².